The van der Waals surface area contributed by atoms with Gasteiger partial charge in [0.1, 0.15) is 0 Å². The maximum Gasteiger partial charge on any atom is 0.324 e. The van der Waals surface area contributed by atoms with E-state index in [1.807, 2.05) is 13.0 Å². The van der Waals surface area contributed by atoms with Crippen molar-refractivity contribution in [1.82, 2.24) is 0 Å². The smallest absolute Gasteiger partial charge is 0.320 e. The summed E-state index contributed by atoms with van der Waals surface area (Å²) in [5.41, 5.74) is 1.46. The van der Waals surface area contributed by atoms with Gasteiger partial charge in [0.15, 0.2) is 0 Å². The van der Waals surface area contributed by atoms with Gasteiger partial charge in [-0.15, -0.1) is 0 Å². The van der Waals surface area contributed by atoms with Gasteiger partial charge in [0, 0.05) is 6.07 Å². The number of benzene rings is 1. The highest BCUT2D eigenvalue weighted by molar-refractivity contribution is 7.17. The number of amides is 1. The van der Waals surface area contributed by atoms with Crippen molar-refractivity contribution in [2.75, 3.05) is 5.32 Å². The number of nitro groups is 1. The largest absolute Gasteiger partial charge is 0.324 e. The van der Waals surface area contributed by atoms with Crippen LogP contribution in [-0.2, 0) is 0 Å². The Morgan fingerprint density at radius 1 is 1.37 bits per heavy atom. The Morgan fingerprint density at radius 2 is 2.11 bits per heavy atom. The van der Waals surface area contributed by atoms with E-state index >= 15 is 0 Å². The summed E-state index contributed by atoms with van der Waals surface area (Å²) in [5.74, 6) is -0.413. The molecule has 2 aromatic rings. The van der Waals surface area contributed by atoms with Gasteiger partial charge in [-0.05, 0) is 30.7 Å². The van der Waals surface area contributed by atoms with Crippen molar-refractivity contribution < 1.29 is 9.72 Å². The number of thiophene rings is 1. The van der Waals surface area contributed by atoms with E-state index in [1.165, 1.54) is 12.1 Å². The molecule has 2 rings (SSSR count). The molecule has 1 amide bonds. The summed E-state index contributed by atoms with van der Waals surface area (Å²) in [4.78, 5) is 22.2. The molecular weight excluding hydrogens is 288 g/mol. The SMILES string of the molecule is Cc1ccc(NC(=O)c2ccc([N+](=O)[O-])s2)c(Cl)c1. The standard InChI is InChI=1S/C12H9ClN2O3S/c1-7-2-3-9(8(13)6-7)14-12(16)10-4-5-11(19-10)15(17)18/h2-6H,1H3,(H,14,16). The van der Waals surface area contributed by atoms with E-state index in [4.69, 9.17) is 11.6 Å². The van der Waals surface area contributed by atoms with Crippen molar-refractivity contribution in [1.29, 1.82) is 0 Å². The molecule has 0 fully saturated rings. The maximum absolute atomic E-state index is 11.9. The number of anilines is 1. The second-order valence-electron chi connectivity index (χ2n) is 3.83. The zero-order valence-electron chi connectivity index (χ0n) is 9.84. The summed E-state index contributed by atoms with van der Waals surface area (Å²) < 4.78 is 0. The lowest BCUT2D eigenvalue weighted by Crippen LogP contribution is -2.10. The zero-order valence-corrected chi connectivity index (χ0v) is 11.4. The first-order chi connectivity index (χ1) is 8.97. The Balaban J connectivity index is 2.18. The van der Waals surface area contributed by atoms with Crippen molar-refractivity contribution in [3.8, 4) is 0 Å². The average Bonchev–Trinajstić information content (AvgIpc) is 2.82. The molecule has 98 valence electrons. The number of hydrogen-bond acceptors (Lipinski definition) is 4. The summed E-state index contributed by atoms with van der Waals surface area (Å²) in [7, 11) is 0. The van der Waals surface area contributed by atoms with Gasteiger partial charge in [-0.1, -0.05) is 29.0 Å². The molecule has 1 aromatic carbocycles. The van der Waals surface area contributed by atoms with E-state index in [0.29, 0.717) is 10.7 Å². The van der Waals surface area contributed by atoms with Crippen molar-refractivity contribution >= 4 is 39.5 Å². The number of nitrogens with one attached hydrogen (secondary N) is 1. The molecule has 0 radical (unpaired) electrons. The molecule has 0 atom stereocenters. The third kappa shape index (κ3) is 3.10. The molecule has 1 heterocycles. The molecule has 0 bridgehead atoms. The molecular formula is C12H9ClN2O3S. The molecule has 0 aliphatic rings. The van der Waals surface area contributed by atoms with Crippen molar-refractivity contribution in [3.63, 3.8) is 0 Å². The molecule has 0 spiro atoms. The van der Waals surface area contributed by atoms with Gasteiger partial charge in [-0.3, -0.25) is 14.9 Å². The van der Waals surface area contributed by atoms with Crippen LogP contribution in [-0.4, -0.2) is 10.8 Å². The number of nitrogens with zero attached hydrogens (tertiary/aromatic N) is 1. The summed E-state index contributed by atoms with van der Waals surface area (Å²) in [6.45, 7) is 1.89. The molecule has 7 heteroatoms. The number of carbonyl (C=O) groups excluding carboxylic acids is 1. The van der Waals surface area contributed by atoms with Crippen LogP contribution in [0.1, 0.15) is 15.2 Å². The van der Waals surface area contributed by atoms with E-state index in [2.05, 4.69) is 5.32 Å². The predicted octanol–water partition coefficient (Wildman–Crippen LogP) is 3.87. The molecule has 0 aliphatic carbocycles. The number of carbonyl (C=O) groups is 1. The van der Waals surface area contributed by atoms with Gasteiger partial charge >= 0.3 is 5.00 Å². The molecule has 1 N–H and O–H groups in total. The third-order valence-electron chi connectivity index (χ3n) is 2.37. The third-order valence-corrected chi connectivity index (χ3v) is 3.72. The van der Waals surface area contributed by atoms with Crippen LogP contribution in [0.3, 0.4) is 0 Å². The molecule has 19 heavy (non-hydrogen) atoms. The highest BCUT2D eigenvalue weighted by atomic mass is 35.5. The first kappa shape index (κ1) is 13.5. The van der Waals surface area contributed by atoms with E-state index in [9.17, 15) is 14.9 Å². The highest BCUT2D eigenvalue weighted by Gasteiger charge is 2.16. The minimum atomic E-state index is -0.527. The lowest BCUT2D eigenvalue weighted by atomic mass is 10.2. The lowest BCUT2D eigenvalue weighted by Gasteiger charge is -2.06. The maximum atomic E-state index is 11.9. The minimum absolute atomic E-state index is 0.0693. The lowest BCUT2D eigenvalue weighted by molar-refractivity contribution is -0.380. The number of aryl methyl sites for hydroxylation is 1. The van der Waals surface area contributed by atoms with Crippen LogP contribution in [0.15, 0.2) is 30.3 Å². The topological polar surface area (TPSA) is 72.2 Å². The predicted molar refractivity (Wildman–Crippen MR) is 75.1 cm³/mol. The molecule has 0 unspecified atom stereocenters. The first-order valence-electron chi connectivity index (χ1n) is 5.29. The Kier molecular flexibility index (Phi) is 3.82. The number of hydrogen-bond donors (Lipinski definition) is 1. The van der Waals surface area contributed by atoms with E-state index in [-0.39, 0.29) is 9.88 Å². The monoisotopic (exact) mass is 296 g/mol. The normalized spacial score (nSPS) is 10.2. The summed E-state index contributed by atoms with van der Waals surface area (Å²) in [6.07, 6.45) is 0. The van der Waals surface area contributed by atoms with Crippen molar-refractivity contribution in [2.24, 2.45) is 0 Å². The summed E-state index contributed by atoms with van der Waals surface area (Å²) >= 11 is 6.82. The Morgan fingerprint density at radius 3 is 2.68 bits per heavy atom. The first-order valence-corrected chi connectivity index (χ1v) is 6.48. The number of rotatable bonds is 3. The van der Waals surface area contributed by atoms with Crippen LogP contribution >= 0.6 is 22.9 Å². The van der Waals surface area contributed by atoms with Crippen LogP contribution < -0.4 is 5.32 Å². The van der Waals surface area contributed by atoms with E-state index < -0.39 is 10.8 Å². The number of halogens is 1. The zero-order chi connectivity index (χ0) is 14.0. The Hall–Kier alpha value is -1.92. The highest BCUT2D eigenvalue weighted by Crippen LogP contribution is 2.27. The van der Waals surface area contributed by atoms with Crippen molar-refractivity contribution in [2.45, 2.75) is 6.92 Å². The van der Waals surface area contributed by atoms with Gasteiger partial charge in [0.05, 0.1) is 20.5 Å². The van der Waals surface area contributed by atoms with Gasteiger partial charge in [-0.25, -0.2) is 0 Å². The Bertz CT molecular complexity index is 654. The fourth-order valence-corrected chi connectivity index (χ4v) is 2.45. The average molecular weight is 297 g/mol. The van der Waals surface area contributed by atoms with Crippen LogP contribution in [0.25, 0.3) is 0 Å². The van der Waals surface area contributed by atoms with Crippen molar-refractivity contribution in [3.05, 3.63) is 55.9 Å². The molecule has 5 nitrogen and oxygen atoms in total. The molecule has 0 aliphatic heterocycles. The fraction of sp³-hybridized carbons (Fsp3) is 0.0833. The van der Waals surface area contributed by atoms with Gasteiger partial charge in [0.25, 0.3) is 5.91 Å². The van der Waals surface area contributed by atoms with Crippen LogP contribution in [0.5, 0.6) is 0 Å². The minimum Gasteiger partial charge on any atom is -0.320 e. The molecule has 0 saturated heterocycles. The quantitative estimate of drug-likeness (QED) is 0.690. The van der Waals surface area contributed by atoms with Crippen LogP contribution in [0.4, 0.5) is 10.7 Å². The second kappa shape index (κ2) is 5.38. The molecule has 0 saturated carbocycles. The summed E-state index contributed by atoms with van der Waals surface area (Å²) in [6, 6.07) is 7.96. The Labute approximate surface area is 118 Å². The fourth-order valence-electron chi connectivity index (χ4n) is 1.45. The molecule has 1 aromatic heterocycles. The van der Waals surface area contributed by atoms with Gasteiger partial charge < -0.3 is 5.32 Å². The van der Waals surface area contributed by atoms with E-state index in [0.717, 1.165) is 16.9 Å². The van der Waals surface area contributed by atoms with Crippen LogP contribution in [0, 0.1) is 17.0 Å². The summed E-state index contributed by atoms with van der Waals surface area (Å²) in [5, 5.41) is 13.5. The second-order valence-corrected chi connectivity index (χ2v) is 5.30. The van der Waals surface area contributed by atoms with Crippen LogP contribution in [0.2, 0.25) is 5.02 Å². The van der Waals surface area contributed by atoms with Gasteiger partial charge in [-0.2, -0.15) is 0 Å². The van der Waals surface area contributed by atoms with E-state index in [1.54, 1.807) is 12.1 Å². The van der Waals surface area contributed by atoms with Gasteiger partial charge in [0.2, 0.25) is 0 Å².